The average molecular weight is 397 g/mol. The fourth-order valence-electron chi connectivity index (χ4n) is 4.26. The first kappa shape index (κ1) is 18.6. The van der Waals surface area contributed by atoms with Crippen LogP contribution in [-0.4, -0.2) is 52.6 Å². The molecule has 2 aliphatic heterocycles. The van der Waals surface area contributed by atoms with Gasteiger partial charge < -0.3 is 13.8 Å². The molecular formula is C18H27N3O5S. The van der Waals surface area contributed by atoms with Gasteiger partial charge in [-0.3, -0.25) is 0 Å². The summed E-state index contributed by atoms with van der Waals surface area (Å²) in [4.78, 5) is 14.2. The number of hydrogen-bond donors (Lipinski definition) is 0. The molecule has 150 valence electrons. The van der Waals surface area contributed by atoms with Gasteiger partial charge in [0.25, 0.3) is 0 Å². The smallest absolute Gasteiger partial charge is 0.410 e. The predicted octanol–water partition coefficient (Wildman–Crippen LogP) is 2.42. The van der Waals surface area contributed by atoms with Gasteiger partial charge in [0, 0.05) is 24.6 Å². The molecule has 0 saturated heterocycles. The summed E-state index contributed by atoms with van der Waals surface area (Å²) < 4.78 is 37.9. The van der Waals surface area contributed by atoms with E-state index in [1.807, 2.05) is 27.7 Å². The Morgan fingerprint density at radius 1 is 1.30 bits per heavy atom. The van der Waals surface area contributed by atoms with Gasteiger partial charge >= 0.3 is 16.2 Å². The molecule has 0 N–H and O–H groups in total. The fourth-order valence-corrected chi connectivity index (χ4v) is 5.68. The van der Waals surface area contributed by atoms with Gasteiger partial charge in [-0.25, -0.2) is 9.48 Å². The molecule has 8 nitrogen and oxygen atoms in total. The maximum absolute atomic E-state index is 12.6. The van der Waals surface area contributed by atoms with Crippen molar-refractivity contribution in [3.63, 3.8) is 0 Å². The summed E-state index contributed by atoms with van der Waals surface area (Å²) in [5.41, 5.74) is 1.07. The number of fused-ring (bicyclic) bond motifs is 6. The van der Waals surface area contributed by atoms with Crippen molar-refractivity contribution in [1.29, 1.82) is 0 Å². The van der Waals surface area contributed by atoms with Gasteiger partial charge in [0.05, 0.1) is 17.0 Å². The lowest BCUT2D eigenvalue weighted by Crippen LogP contribution is -2.43. The maximum atomic E-state index is 12.6. The number of rotatable bonds is 0. The molecule has 0 aromatic carbocycles. The van der Waals surface area contributed by atoms with Crippen LogP contribution in [0.15, 0.2) is 0 Å². The minimum atomic E-state index is -3.63. The molecule has 0 spiro atoms. The van der Waals surface area contributed by atoms with Gasteiger partial charge in [0.15, 0.2) is 0 Å². The molecule has 0 radical (unpaired) electrons. The highest BCUT2D eigenvalue weighted by atomic mass is 32.2. The summed E-state index contributed by atoms with van der Waals surface area (Å²) in [5.74, 6) is 0.357. The van der Waals surface area contributed by atoms with Crippen LogP contribution in [0.5, 0.6) is 5.88 Å². The number of ether oxygens (including phenoxy) is 1. The molecule has 3 aliphatic rings. The van der Waals surface area contributed by atoms with E-state index in [-0.39, 0.29) is 18.2 Å². The van der Waals surface area contributed by atoms with Gasteiger partial charge in [0.1, 0.15) is 5.60 Å². The van der Waals surface area contributed by atoms with Crippen molar-refractivity contribution in [3.8, 4) is 5.88 Å². The minimum Gasteiger partial charge on any atom is -0.444 e. The number of carbonyl (C=O) groups is 1. The molecule has 3 atom stereocenters. The van der Waals surface area contributed by atoms with E-state index in [0.29, 0.717) is 38.1 Å². The topological polar surface area (TPSA) is 90.7 Å². The molecule has 4 rings (SSSR count). The Hall–Kier alpha value is -1.77. The lowest BCUT2D eigenvalue weighted by molar-refractivity contribution is 0.0184. The molecule has 1 aliphatic carbocycles. The first-order valence-corrected chi connectivity index (χ1v) is 11.1. The third-order valence-corrected chi connectivity index (χ3v) is 7.24. The van der Waals surface area contributed by atoms with Crippen LogP contribution in [0.4, 0.5) is 4.79 Å². The van der Waals surface area contributed by atoms with Crippen LogP contribution >= 0.6 is 0 Å². The quantitative estimate of drug-likeness (QED) is 0.625. The number of nitrogens with zero attached hydrogens (tertiary/aromatic N) is 3. The van der Waals surface area contributed by atoms with E-state index in [9.17, 15) is 13.2 Å². The molecule has 1 amide bonds. The fraction of sp³-hybridized carbons (Fsp3) is 0.778. The van der Waals surface area contributed by atoms with Gasteiger partial charge in [0.2, 0.25) is 5.88 Å². The molecule has 1 aromatic rings. The van der Waals surface area contributed by atoms with E-state index in [4.69, 9.17) is 14.0 Å². The number of amides is 1. The third-order valence-electron chi connectivity index (χ3n) is 5.60. The van der Waals surface area contributed by atoms with E-state index in [0.717, 1.165) is 17.7 Å². The molecular weight excluding hydrogens is 370 g/mol. The van der Waals surface area contributed by atoms with Gasteiger partial charge in [-0.2, -0.15) is 13.5 Å². The molecule has 1 fully saturated rings. The molecule has 2 bridgehead atoms. The van der Waals surface area contributed by atoms with E-state index in [1.54, 1.807) is 9.58 Å². The number of hydrogen-bond acceptors (Lipinski definition) is 6. The largest absolute Gasteiger partial charge is 0.444 e. The van der Waals surface area contributed by atoms with Crippen molar-refractivity contribution < 1.29 is 22.1 Å². The third kappa shape index (κ3) is 3.30. The Kier molecular flexibility index (Phi) is 4.21. The average Bonchev–Trinajstić information content (AvgIpc) is 3.05. The summed E-state index contributed by atoms with van der Waals surface area (Å²) in [5, 5.41) is 4.28. The second-order valence-electron chi connectivity index (χ2n) is 8.82. The van der Waals surface area contributed by atoms with E-state index in [2.05, 4.69) is 0 Å². The summed E-state index contributed by atoms with van der Waals surface area (Å²) in [7, 11) is -3.63. The highest BCUT2D eigenvalue weighted by Gasteiger charge is 2.44. The van der Waals surface area contributed by atoms with E-state index >= 15 is 0 Å². The van der Waals surface area contributed by atoms with Crippen molar-refractivity contribution in [3.05, 3.63) is 11.3 Å². The van der Waals surface area contributed by atoms with Crippen LogP contribution in [-0.2, 0) is 27.7 Å². The van der Waals surface area contributed by atoms with Crippen LogP contribution in [0.2, 0.25) is 0 Å². The molecule has 3 unspecified atom stereocenters. The van der Waals surface area contributed by atoms with Crippen LogP contribution in [0, 0.1) is 0 Å². The van der Waals surface area contributed by atoms with Gasteiger partial charge in [-0.05, 0) is 53.4 Å². The second-order valence-corrected chi connectivity index (χ2v) is 10.6. The van der Waals surface area contributed by atoms with Crippen molar-refractivity contribution >= 4 is 16.2 Å². The predicted molar refractivity (Wildman–Crippen MR) is 98.3 cm³/mol. The van der Waals surface area contributed by atoms with Crippen molar-refractivity contribution in [2.75, 3.05) is 6.54 Å². The molecule has 1 saturated carbocycles. The minimum absolute atomic E-state index is 0.0754. The van der Waals surface area contributed by atoms with Gasteiger partial charge in [-0.15, -0.1) is 0 Å². The number of aromatic nitrogens is 2. The summed E-state index contributed by atoms with van der Waals surface area (Å²) in [6, 6.07) is -0.0142. The Morgan fingerprint density at radius 2 is 2.04 bits per heavy atom. The first-order valence-electron chi connectivity index (χ1n) is 9.58. The molecule has 3 heterocycles. The van der Waals surface area contributed by atoms with Crippen LogP contribution in [0.25, 0.3) is 0 Å². The summed E-state index contributed by atoms with van der Waals surface area (Å²) in [6.07, 6.45) is 2.69. The van der Waals surface area contributed by atoms with Gasteiger partial charge in [-0.1, -0.05) is 0 Å². The summed E-state index contributed by atoms with van der Waals surface area (Å²) >= 11 is 0. The maximum Gasteiger partial charge on any atom is 0.410 e. The Balaban J connectivity index is 1.64. The van der Waals surface area contributed by atoms with Crippen molar-refractivity contribution in [2.24, 2.45) is 0 Å². The molecule has 27 heavy (non-hydrogen) atoms. The lowest BCUT2D eigenvalue weighted by Gasteiger charge is -2.30. The van der Waals surface area contributed by atoms with Crippen molar-refractivity contribution in [1.82, 2.24) is 14.7 Å². The number of carbonyl (C=O) groups excluding carboxylic acids is 1. The summed E-state index contributed by atoms with van der Waals surface area (Å²) in [6.45, 7) is 7.93. The molecule has 1 aromatic heterocycles. The zero-order valence-electron chi connectivity index (χ0n) is 16.3. The van der Waals surface area contributed by atoms with Crippen LogP contribution < -0.4 is 4.18 Å². The second kappa shape index (κ2) is 6.12. The highest BCUT2D eigenvalue weighted by Crippen LogP contribution is 2.43. The Morgan fingerprint density at radius 3 is 2.74 bits per heavy atom. The lowest BCUT2D eigenvalue weighted by atomic mass is 10.1. The first-order chi connectivity index (χ1) is 12.5. The zero-order valence-corrected chi connectivity index (χ0v) is 17.1. The van der Waals surface area contributed by atoms with Crippen LogP contribution in [0.3, 0.4) is 0 Å². The monoisotopic (exact) mass is 397 g/mol. The van der Waals surface area contributed by atoms with E-state index < -0.39 is 21.0 Å². The SMILES string of the molecule is CC1Cc2nn3c(c2CCN1C(=O)OC(C)(C)C)OS(=O)(=O)C1CCC3C1. The Bertz CT molecular complexity index is 870. The standard InChI is InChI=1S/C18H27N3O5S/c1-11-9-15-14(7-8-20(11)17(22)25-18(2,3)4)16-21(19-15)12-5-6-13(10-12)27(23,24)26-16/h11-13H,5-10H2,1-4H3. The van der Waals surface area contributed by atoms with Crippen molar-refractivity contribution in [2.45, 2.75) is 82.7 Å². The van der Waals surface area contributed by atoms with Crippen LogP contribution in [0.1, 0.15) is 64.3 Å². The zero-order chi connectivity index (χ0) is 19.6. The van der Waals surface area contributed by atoms with E-state index in [1.165, 1.54) is 0 Å². The molecule has 9 heteroatoms. The normalized spacial score (nSPS) is 29.2. The highest BCUT2D eigenvalue weighted by molar-refractivity contribution is 7.87. The Labute approximate surface area is 159 Å².